The minimum atomic E-state index is -3.54. The molecule has 0 radical (unpaired) electrons. The van der Waals surface area contributed by atoms with E-state index in [2.05, 4.69) is 5.32 Å². The van der Waals surface area contributed by atoms with Crippen molar-refractivity contribution in [3.8, 4) is 0 Å². The largest absolute Gasteiger partial charge is 0.478 e. The van der Waals surface area contributed by atoms with E-state index in [0.717, 1.165) is 12.3 Å². The van der Waals surface area contributed by atoms with Gasteiger partial charge in [0, 0.05) is 6.26 Å². The first kappa shape index (κ1) is 14.1. The van der Waals surface area contributed by atoms with Crippen molar-refractivity contribution in [3.05, 3.63) is 29.6 Å². The molecule has 1 aromatic carbocycles. The van der Waals surface area contributed by atoms with Crippen LogP contribution in [0.1, 0.15) is 10.4 Å². The molecular formula is C10H10FNO5S. The predicted octanol–water partition coefficient (Wildman–Crippen LogP) is 0.507. The summed E-state index contributed by atoms with van der Waals surface area (Å²) in [6.07, 6.45) is 0.857. The summed E-state index contributed by atoms with van der Waals surface area (Å²) in [5.41, 5.74) is -0.990. The van der Waals surface area contributed by atoms with E-state index in [1.807, 2.05) is 0 Å². The zero-order valence-corrected chi connectivity index (χ0v) is 10.1. The minimum absolute atomic E-state index is 0.281. The van der Waals surface area contributed by atoms with Gasteiger partial charge in [0.15, 0.2) is 9.84 Å². The van der Waals surface area contributed by atoms with Gasteiger partial charge in [-0.3, -0.25) is 4.79 Å². The molecule has 0 aliphatic rings. The van der Waals surface area contributed by atoms with Crippen molar-refractivity contribution in [2.24, 2.45) is 0 Å². The predicted molar refractivity (Wildman–Crippen MR) is 61.7 cm³/mol. The average molecular weight is 275 g/mol. The molecule has 1 rings (SSSR count). The van der Waals surface area contributed by atoms with E-state index in [9.17, 15) is 22.4 Å². The molecule has 1 amide bonds. The highest BCUT2D eigenvalue weighted by Gasteiger charge is 2.18. The Hall–Kier alpha value is -1.96. The van der Waals surface area contributed by atoms with Crippen molar-refractivity contribution in [1.29, 1.82) is 0 Å². The summed E-state index contributed by atoms with van der Waals surface area (Å²) in [4.78, 5) is 22.1. The second-order valence-corrected chi connectivity index (χ2v) is 5.73. The molecule has 1 aromatic rings. The number of carboxylic acids is 1. The third kappa shape index (κ3) is 3.81. The zero-order valence-electron chi connectivity index (χ0n) is 9.31. The second-order valence-electron chi connectivity index (χ2n) is 3.59. The fourth-order valence-electron chi connectivity index (χ4n) is 1.27. The van der Waals surface area contributed by atoms with Gasteiger partial charge in [0.05, 0.1) is 5.69 Å². The molecule has 98 valence electrons. The molecule has 0 saturated heterocycles. The van der Waals surface area contributed by atoms with Gasteiger partial charge in [-0.15, -0.1) is 0 Å². The van der Waals surface area contributed by atoms with Crippen molar-refractivity contribution in [2.75, 3.05) is 17.3 Å². The van der Waals surface area contributed by atoms with Gasteiger partial charge in [0.25, 0.3) is 0 Å². The Morgan fingerprint density at radius 2 is 2.00 bits per heavy atom. The van der Waals surface area contributed by atoms with E-state index in [4.69, 9.17) is 5.11 Å². The number of benzene rings is 1. The fraction of sp³-hybridized carbons (Fsp3) is 0.200. The standard InChI is InChI=1S/C10H10FNO5S/c1-18(16,17)5-8(13)12-7-4-2-3-6(11)9(7)10(14)15/h2-4H,5H2,1H3,(H,12,13)(H,14,15). The van der Waals surface area contributed by atoms with Gasteiger partial charge in [0.2, 0.25) is 5.91 Å². The van der Waals surface area contributed by atoms with Crippen LogP contribution in [0.5, 0.6) is 0 Å². The first-order valence-electron chi connectivity index (χ1n) is 4.70. The lowest BCUT2D eigenvalue weighted by atomic mass is 10.1. The van der Waals surface area contributed by atoms with Crippen molar-refractivity contribution in [1.82, 2.24) is 0 Å². The summed E-state index contributed by atoms with van der Waals surface area (Å²) in [5, 5.41) is 10.8. The number of carbonyl (C=O) groups is 2. The minimum Gasteiger partial charge on any atom is -0.478 e. The summed E-state index contributed by atoms with van der Waals surface area (Å²) in [6.45, 7) is 0. The van der Waals surface area contributed by atoms with Gasteiger partial charge in [-0.05, 0) is 12.1 Å². The normalized spacial score (nSPS) is 11.0. The summed E-state index contributed by atoms with van der Waals surface area (Å²) in [7, 11) is -3.54. The molecule has 0 aliphatic carbocycles. The van der Waals surface area contributed by atoms with Crippen molar-refractivity contribution < 1.29 is 27.5 Å². The molecule has 0 aromatic heterocycles. The number of hydrogen-bond acceptors (Lipinski definition) is 4. The van der Waals surface area contributed by atoms with Crippen LogP contribution in [0.2, 0.25) is 0 Å². The quantitative estimate of drug-likeness (QED) is 0.833. The molecule has 0 spiro atoms. The molecule has 0 unspecified atom stereocenters. The smallest absolute Gasteiger partial charge is 0.340 e. The van der Waals surface area contributed by atoms with E-state index in [0.29, 0.717) is 0 Å². The van der Waals surface area contributed by atoms with E-state index < -0.39 is 38.8 Å². The SMILES string of the molecule is CS(=O)(=O)CC(=O)Nc1cccc(F)c1C(=O)O. The number of halogens is 1. The van der Waals surface area contributed by atoms with E-state index in [1.165, 1.54) is 12.1 Å². The number of aromatic carboxylic acids is 1. The maximum Gasteiger partial charge on any atom is 0.340 e. The molecule has 0 fully saturated rings. The molecule has 0 bridgehead atoms. The van der Waals surface area contributed by atoms with Gasteiger partial charge < -0.3 is 10.4 Å². The number of carbonyl (C=O) groups excluding carboxylic acids is 1. The van der Waals surface area contributed by atoms with Crippen LogP contribution in [0.3, 0.4) is 0 Å². The highest BCUT2D eigenvalue weighted by Crippen LogP contribution is 2.18. The first-order valence-corrected chi connectivity index (χ1v) is 6.76. The van der Waals surface area contributed by atoms with E-state index >= 15 is 0 Å². The molecule has 0 atom stereocenters. The van der Waals surface area contributed by atoms with Crippen LogP contribution >= 0.6 is 0 Å². The third-order valence-electron chi connectivity index (χ3n) is 1.89. The Balaban J connectivity index is 3.02. The summed E-state index contributed by atoms with van der Waals surface area (Å²) >= 11 is 0. The summed E-state index contributed by atoms with van der Waals surface area (Å²) < 4.78 is 35.0. The van der Waals surface area contributed by atoms with Crippen molar-refractivity contribution in [3.63, 3.8) is 0 Å². The average Bonchev–Trinajstić information content (AvgIpc) is 2.13. The maximum absolute atomic E-state index is 13.2. The lowest BCUT2D eigenvalue weighted by Crippen LogP contribution is -2.23. The second kappa shape index (κ2) is 5.13. The maximum atomic E-state index is 13.2. The number of hydrogen-bond donors (Lipinski definition) is 2. The van der Waals surface area contributed by atoms with Gasteiger partial charge in [-0.2, -0.15) is 0 Å². The highest BCUT2D eigenvalue weighted by atomic mass is 32.2. The monoisotopic (exact) mass is 275 g/mol. The number of carboxylic acid groups (broad SMARTS) is 1. The number of anilines is 1. The van der Waals surface area contributed by atoms with Crippen LogP contribution in [0.25, 0.3) is 0 Å². The lowest BCUT2D eigenvalue weighted by Gasteiger charge is -2.08. The van der Waals surface area contributed by atoms with Crippen LogP contribution < -0.4 is 5.32 Å². The molecule has 0 saturated carbocycles. The zero-order chi connectivity index (χ0) is 13.9. The topological polar surface area (TPSA) is 101 Å². The molecule has 2 N–H and O–H groups in total. The lowest BCUT2D eigenvalue weighted by molar-refractivity contribution is -0.113. The molecule has 18 heavy (non-hydrogen) atoms. The molecule has 6 nitrogen and oxygen atoms in total. The fourth-order valence-corrected chi connectivity index (χ4v) is 1.82. The van der Waals surface area contributed by atoms with E-state index in [1.54, 1.807) is 0 Å². The number of sulfone groups is 1. The molecular weight excluding hydrogens is 265 g/mol. The van der Waals surface area contributed by atoms with Crippen LogP contribution in [0.15, 0.2) is 18.2 Å². The van der Waals surface area contributed by atoms with Gasteiger partial charge in [-0.25, -0.2) is 17.6 Å². The van der Waals surface area contributed by atoms with Crippen molar-refractivity contribution >= 4 is 27.4 Å². The third-order valence-corrected chi connectivity index (χ3v) is 2.68. The van der Waals surface area contributed by atoms with Crippen LogP contribution in [-0.4, -0.2) is 37.4 Å². The molecule has 8 heteroatoms. The number of rotatable bonds is 4. The Kier molecular flexibility index (Phi) is 4.02. The Morgan fingerprint density at radius 1 is 1.39 bits per heavy atom. The Labute approximate surface area is 102 Å². The molecule has 0 aliphatic heterocycles. The number of nitrogens with one attached hydrogen (secondary N) is 1. The Morgan fingerprint density at radius 3 is 2.50 bits per heavy atom. The summed E-state index contributed by atoms with van der Waals surface area (Å²) in [6, 6.07) is 3.31. The van der Waals surface area contributed by atoms with E-state index in [-0.39, 0.29) is 5.69 Å². The van der Waals surface area contributed by atoms with Crippen LogP contribution in [0.4, 0.5) is 10.1 Å². The van der Waals surface area contributed by atoms with Crippen molar-refractivity contribution in [2.45, 2.75) is 0 Å². The first-order chi connectivity index (χ1) is 8.20. The van der Waals surface area contributed by atoms with Gasteiger partial charge in [0.1, 0.15) is 17.1 Å². The highest BCUT2D eigenvalue weighted by molar-refractivity contribution is 7.91. The summed E-state index contributed by atoms with van der Waals surface area (Å²) in [5.74, 6) is -4.30. The van der Waals surface area contributed by atoms with Gasteiger partial charge in [-0.1, -0.05) is 6.07 Å². The van der Waals surface area contributed by atoms with Gasteiger partial charge >= 0.3 is 5.97 Å². The Bertz CT molecular complexity index is 596. The molecule has 0 heterocycles. The van der Waals surface area contributed by atoms with Crippen LogP contribution in [-0.2, 0) is 14.6 Å². The number of amides is 1. The van der Waals surface area contributed by atoms with Crippen LogP contribution in [0, 0.1) is 5.82 Å².